The van der Waals surface area contributed by atoms with Crippen LogP contribution in [0.4, 0.5) is 0 Å². The Morgan fingerprint density at radius 3 is 2.38 bits per heavy atom. The van der Waals surface area contributed by atoms with Crippen LogP contribution in [0.15, 0.2) is 12.2 Å². The maximum absolute atomic E-state index is 12.7. The zero-order valence-corrected chi connectivity index (χ0v) is 14.6. The standard InChI is InChI=1S/C18H32O3/c1-13-10-14(2)12-18(11-13,8-9-19)21-15(20)17(6,7)16(3,4)5/h14,19H,1,8-12H2,2-7H3. The van der Waals surface area contributed by atoms with E-state index in [1.54, 1.807) is 0 Å². The maximum atomic E-state index is 12.7. The predicted octanol–water partition coefficient (Wildman–Crippen LogP) is 4.10. The molecule has 3 nitrogen and oxygen atoms in total. The summed E-state index contributed by atoms with van der Waals surface area (Å²) < 4.78 is 5.99. The van der Waals surface area contributed by atoms with Gasteiger partial charge in [0.05, 0.1) is 5.41 Å². The number of ether oxygens (including phenoxy) is 1. The second-order valence-electron chi connectivity index (χ2n) is 8.36. The fourth-order valence-corrected chi connectivity index (χ4v) is 2.95. The Hall–Kier alpha value is -0.830. The molecule has 0 aromatic carbocycles. The van der Waals surface area contributed by atoms with Gasteiger partial charge < -0.3 is 9.84 Å². The van der Waals surface area contributed by atoms with Crippen LogP contribution in [0.3, 0.4) is 0 Å². The lowest BCUT2D eigenvalue weighted by atomic mass is 9.69. The molecule has 1 rings (SSSR count). The van der Waals surface area contributed by atoms with E-state index in [-0.39, 0.29) is 18.0 Å². The predicted molar refractivity (Wildman–Crippen MR) is 85.9 cm³/mol. The van der Waals surface area contributed by atoms with Crippen molar-refractivity contribution in [1.29, 1.82) is 0 Å². The molecule has 0 bridgehead atoms. The molecule has 0 heterocycles. The van der Waals surface area contributed by atoms with E-state index in [1.165, 1.54) is 0 Å². The lowest BCUT2D eigenvalue weighted by molar-refractivity contribution is -0.181. The van der Waals surface area contributed by atoms with Gasteiger partial charge in [0, 0.05) is 19.4 Å². The number of aliphatic hydroxyl groups is 1. The summed E-state index contributed by atoms with van der Waals surface area (Å²) >= 11 is 0. The number of hydrogen-bond donors (Lipinski definition) is 1. The Morgan fingerprint density at radius 2 is 1.95 bits per heavy atom. The Balaban J connectivity index is 2.98. The second kappa shape index (κ2) is 6.12. The van der Waals surface area contributed by atoms with Crippen LogP contribution in [0.1, 0.15) is 67.2 Å². The van der Waals surface area contributed by atoms with Crippen molar-refractivity contribution >= 4 is 5.97 Å². The van der Waals surface area contributed by atoms with Gasteiger partial charge in [-0.25, -0.2) is 0 Å². The van der Waals surface area contributed by atoms with E-state index < -0.39 is 11.0 Å². The topological polar surface area (TPSA) is 46.5 Å². The molecule has 1 aliphatic carbocycles. The Kier molecular flexibility index (Phi) is 5.31. The minimum Gasteiger partial charge on any atom is -0.458 e. The quantitative estimate of drug-likeness (QED) is 0.627. The van der Waals surface area contributed by atoms with E-state index in [2.05, 4.69) is 34.3 Å². The average molecular weight is 296 g/mol. The smallest absolute Gasteiger partial charge is 0.312 e. The summed E-state index contributed by atoms with van der Waals surface area (Å²) in [6, 6.07) is 0. The Bertz CT molecular complexity index is 403. The van der Waals surface area contributed by atoms with Crippen molar-refractivity contribution in [3.8, 4) is 0 Å². The summed E-state index contributed by atoms with van der Waals surface area (Å²) in [6.45, 7) is 16.3. The highest BCUT2D eigenvalue weighted by Crippen LogP contribution is 2.44. The van der Waals surface area contributed by atoms with E-state index >= 15 is 0 Å². The molecule has 1 N–H and O–H groups in total. The molecular formula is C18H32O3. The molecule has 0 aromatic rings. The molecule has 2 unspecified atom stereocenters. The van der Waals surface area contributed by atoms with Gasteiger partial charge in [-0.3, -0.25) is 4.79 Å². The molecule has 0 spiro atoms. The fraction of sp³-hybridized carbons (Fsp3) is 0.833. The van der Waals surface area contributed by atoms with Gasteiger partial charge in [0.1, 0.15) is 5.60 Å². The van der Waals surface area contributed by atoms with Crippen molar-refractivity contribution in [2.75, 3.05) is 6.61 Å². The SMILES string of the molecule is C=C1CC(C)CC(CCO)(OC(=O)C(C)(C)C(C)(C)C)C1. The number of esters is 1. The zero-order chi connectivity index (χ0) is 16.5. The molecule has 0 radical (unpaired) electrons. The maximum Gasteiger partial charge on any atom is 0.312 e. The molecule has 1 aliphatic rings. The third kappa shape index (κ3) is 4.09. The van der Waals surface area contributed by atoms with Gasteiger partial charge in [0.25, 0.3) is 0 Å². The summed E-state index contributed by atoms with van der Waals surface area (Å²) in [5.41, 5.74) is -0.217. The summed E-state index contributed by atoms with van der Waals surface area (Å²) in [5.74, 6) is 0.258. The first-order chi connectivity index (χ1) is 9.43. The number of rotatable bonds is 4. The second-order valence-corrected chi connectivity index (χ2v) is 8.36. The lowest BCUT2D eigenvalue weighted by Gasteiger charge is -2.44. The van der Waals surface area contributed by atoms with Crippen molar-refractivity contribution in [2.24, 2.45) is 16.7 Å². The van der Waals surface area contributed by atoms with Crippen molar-refractivity contribution in [2.45, 2.75) is 72.8 Å². The first-order valence-electron chi connectivity index (χ1n) is 7.94. The first-order valence-corrected chi connectivity index (χ1v) is 7.94. The molecule has 3 heteroatoms. The van der Waals surface area contributed by atoms with Gasteiger partial charge in [-0.2, -0.15) is 0 Å². The monoisotopic (exact) mass is 296 g/mol. The normalized spacial score (nSPS) is 27.6. The van der Waals surface area contributed by atoms with Gasteiger partial charge in [-0.05, 0) is 38.0 Å². The summed E-state index contributed by atoms with van der Waals surface area (Å²) in [6.07, 6.45) is 2.94. The third-order valence-electron chi connectivity index (χ3n) is 5.19. The van der Waals surface area contributed by atoms with Crippen molar-refractivity contribution in [1.82, 2.24) is 0 Å². The fourth-order valence-electron chi connectivity index (χ4n) is 2.95. The average Bonchev–Trinajstić information content (AvgIpc) is 2.25. The van der Waals surface area contributed by atoms with E-state index in [9.17, 15) is 9.90 Å². The molecule has 0 saturated heterocycles. The van der Waals surface area contributed by atoms with E-state index in [0.29, 0.717) is 18.8 Å². The van der Waals surface area contributed by atoms with Crippen LogP contribution in [0.25, 0.3) is 0 Å². The van der Waals surface area contributed by atoms with Crippen LogP contribution >= 0.6 is 0 Å². The molecule has 21 heavy (non-hydrogen) atoms. The zero-order valence-electron chi connectivity index (χ0n) is 14.6. The Labute approximate surface area is 129 Å². The van der Waals surface area contributed by atoms with Crippen molar-refractivity contribution in [3.05, 3.63) is 12.2 Å². The number of carbonyl (C=O) groups excluding carboxylic acids is 1. The summed E-state index contributed by atoms with van der Waals surface area (Å²) in [4.78, 5) is 12.7. The number of hydrogen-bond acceptors (Lipinski definition) is 3. The Morgan fingerprint density at radius 1 is 1.38 bits per heavy atom. The van der Waals surface area contributed by atoms with Gasteiger partial charge in [-0.15, -0.1) is 0 Å². The highest BCUT2D eigenvalue weighted by atomic mass is 16.6. The highest BCUT2D eigenvalue weighted by Gasteiger charge is 2.46. The van der Waals surface area contributed by atoms with Crippen molar-refractivity contribution in [3.63, 3.8) is 0 Å². The van der Waals surface area contributed by atoms with Gasteiger partial charge >= 0.3 is 5.97 Å². The minimum atomic E-state index is -0.580. The minimum absolute atomic E-state index is 0.0310. The summed E-state index contributed by atoms with van der Waals surface area (Å²) in [5, 5.41) is 9.41. The van der Waals surface area contributed by atoms with Crippen LogP contribution in [0.2, 0.25) is 0 Å². The molecule has 1 saturated carbocycles. The number of carbonyl (C=O) groups is 1. The van der Waals surface area contributed by atoms with Gasteiger partial charge in [0.2, 0.25) is 0 Å². The van der Waals surface area contributed by atoms with Gasteiger partial charge in [0.15, 0.2) is 0 Å². The molecule has 1 fully saturated rings. The van der Waals surface area contributed by atoms with Crippen LogP contribution in [-0.2, 0) is 9.53 Å². The molecule has 0 aromatic heterocycles. The van der Waals surface area contributed by atoms with Gasteiger partial charge in [-0.1, -0.05) is 39.8 Å². The van der Waals surface area contributed by atoms with Crippen LogP contribution in [0.5, 0.6) is 0 Å². The van der Waals surface area contributed by atoms with Crippen LogP contribution in [0, 0.1) is 16.7 Å². The highest BCUT2D eigenvalue weighted by molar-refractivity contribution is 5.77. The third-order valence-corrected chi connectivity index (χ3v) is 5.19. The van der Waals surface area contributed by atoms with Crippen molar-refractivity contribution < 1.29 is 14.6 Å². The van der Waals surface area contributed by atoms with E-state index in [4.69, 9.17) is 4.74 Å². The molecule has 0 amide bonds. The number of aliphatic hydroxyl groups excluding tert-OH is 1. The first kappa shape index (κ1) is 18.2. The molecule has 0 aliphatic heterocycles. The van der Waals surface area contributed by atoms with Crippen LogP contribution < -0.4 is 0 Å². The summed E-state index contributed by atoms with van der Waals surface area (Å²) in [7, 11) is 0. The largest absolute Gasteiger partial charge is 0.458 e. The lowest BCUT2D eigenvalue weighted by Crippen LogP contribution is -2.47. The molecule has 2 atom stereocenters. The molecular weight excluding hydrogens is 264 g/mol. The van der Waals surface area contributed by atoms with Crippen LogP contribution in [-0.4, -0.2) is 23.3 Å². The van der Waals surface area contributed by atoms with E-state index in [0.717, 1.165) is 18.4 Å². The molecule has 122 valence electrons. The van der Waals surface area contributed by atoms with E-state index in [1.807, 2.05) is 13.8 Å².